The van der Waals surface area contributed by atoms with E-state index < -0.39 is 12.1 Å². The zero-order chi connectivity index (χ0) is 10.6. The van der Waals surface area contributed by atoms with Crippen LogP contribution in [0.1, 0.15) is 32.1 Å². The van der Waals surface area contributed by atoms with Crippen molar-refractivity contribution in [3.05, 3.63) is 0 Å². The lowest BCUT2D eigenvalue weighted by Gasteiger charge is -2.33. The Hall–Kier alpha value is -1.26. The number of carboxylic acid groups (broad SMARTS) is 2. The SMILES string of the molecule is O=C(O)CCC1CCCCN1C(=O)O. The van der Waals surface area contributed by atoms with Gasteiger partial charge in [-0.25, -0.2) is 4.79 Å². The number of hydrogen-bond donors (Lipinski definition) is 2. The van der Waals surface area contributed by atoms with E-state index in [0.717, 1.165) is 19.3 Å². The molecule has 0 saturated carbocycles. The highest BCUT2D eigenvalue weighted by Crippen LogP contribution is 2.20. The third-order valence-corrected chi connectivity index (χ3v) is 2.56. The van der Waals surface area contributed by atoms with Crippen LogP contribution in [-0.4, -0.2) is 39.8 Å². The first-order valence-electron chi connectivity index (χ1n) is 4.82. The molecule has 1 amide bonds. The Morgan fingerprint density at radius 3 is 2.57 bits per heavy atom. The van der Waals surface area contributed by atoms with Gasteiger partial charge in [-0.3, -0.25) is 4.79 Å². The molecule has 0 spiro atoms. The quantitative estimate of drug-likeness (QED) is 0.723. The molecule has 5 nitrogen and oxygen atoms in total. The van der Waals surface area contributed by atoms with E-state index in [0.29, 0.717) is 13.0 Å². The summed E-state index contributed by atoms with van der Waals surface area (Å²) in [5.41, 5.74) is 0. The van der Waals surface area contributed by atoms with Crippen molar-refractivity contribution < 1.29 is 19.8 Å². The van der Waals surface area contributed by atoms with Gasteiger partial charge in [0.25, 0.3) is 0 Å². The predicted molar refractivity (Wildman–Crippen MR) is 49.2 cm³/mol. The van der Waals surface area contributed by atoms with Gasteiger partial charge in [-0.2, -0.15) is 0 Å². The van der Waals surface area contributed by atoms with Crippen molar-refractivity contribution in [3.8, 4) is 0 Å². The highest BCUT2D eigenvalue weighted by atomic mass is 16.4. The minimum Gasteiger partial charge on any atom is -0.481 e. The van der Waals surface area contributed by atoms with Crippen molar-refractivity contribution in [2.75, 3.05) is 6.54 Å². The molecule has 0 aromatic carbocycles. The molecule has 0 bridgehead atoms. The Labute approximate surface area is 82.3 Å². The fraction of sp³-hybridized carbons (Fsp3) is 0.778. The first-order chi connectivity index (χ1) is 6.61. The summed E-state index contributed by atoms with van der Waals surface area (Å²) < 4.78 is 0. The number of carbonyl (C=O) groups is 2. The molecule has 0 aromatic rings. The molecule has 1 fully saturated rings. The molecule has 2 N–H and O–H groups in total. The second-order valence-corrected chi connectivity index (χ2v) is 3.56. The van der Waals surface area contributed by atoms with Gasteiger partial charge in [-0.15, -0.1) is 0 Å². The Morgan fingerprint density at radius 2 is 2.00 bits per heavy atom. The van der Waals surface area contributed by atoms with Crippen LogP contribution in [0.5, 0.6) is 0 Å². The van der Waals surface area contributed by atoms with Gasteiger partial charge in [0, 0.05) is 19.0 Å². The Kier molecular flexibility index (Phi) is 3.73. The molecule has 1 atom stereocenters. The maximum atomic E-state index is 10.8. The van der Waals surface area contributed by atoms with Gasteiger partial charge in [0.15, 0.2) is 0 Å². The summed E-state index contributed by atoms with van der Waals surface area (Å²) in [5, 5.41) is 17.4. The van der Waals surface area contributed by atoms with Gasteiger partial charge in [-0.1, -0.05) is 0 Å². The molecule has 1 heterocycles. The minimum absolute atomic E-state index is 0.0500. The molecule has 1 rings (SSSR count). The van der Waals surface area contributed by atoms with E-state index in [1.807, 2.05) is 0 Å². The van der Waals surface area contributed by atoms with E-state index in [1.54, 1.807) is 0 Å². The smallest absolute Gasteiger partial charge is 0.407 e. The molecule has 1 aliphatic rings. The first-order valence-corrected chi connectivity index (χ1v) is 4.82. The van der Waals surface area contributed by atoms with E-state index in [4.69, 9.17) is 10.2 Å². The molecule has 1 aliphatic heterocycles. The molecule has 1 unspecified atom stereocenters. The highest BCUT2D eigenvalue weighted by molar-refractivity contribution is 5.67. The third kappa shape index (κ3) is 2.90. The van der Waals surface area contributed by atoms with Crippen LogP contribution >= 0.6 is 0 Å². The summed E-state index contributed by atoms with van der Waals surface area (Å²) >= 11 is 0. The molecule has 1 saturated heterocycles. The van der Waals surface area contributed by atoms with E-state index in [2.05, 4.69) is 0 Å². The van der Waals surface area contributed by atoms with Gasteiger partial charge < -0.3 is 15.1 Å². The van der Waals surface area contributed by atoms with Crippen LogP contribution in [0.25, 0.3) is 0 Å². The second kappa shape index (κ2) is 4.83. The number of carboxylic acids is 1. The zero-order valence-corrected chi connectivity index (χ0v) is 7.98. The summed E-state index contributed by atoms with van der Waals surface area (Å²) in [7, 11) is 0. The number of rotatable bonds is 3. The maximum absolute atomic E-state index is 10.8. The summed E-state index contributed by atoms with van der Waals surface area (Å²) in [6, 6.07) is -0.0997. The number of amides is 1. The Balaban J connectivity index is 2.45. The number of likely N-dealkylation sites (tertiary alicyclic amines) is 1. The molecular formula is C9H15NO4. The van der Waals surface area contributed by atoms with Crippen LogP contribution in [0.3, 0.4) is 0 Å². The average Bonchev–Trinajstić information content (AvgIpc) is 2.15. The van der Waals surface area contributed by atoms with Crippen LogP contribution in [0.2, 0.25) is 0 Å². The van der Waals surface area contributed by atoms with E-state index >= 15 is 0 Å². The number of aliphatic carboxylic acids is 1. The molecule has 14 heavy (non-hydrogen) atoms. The van der Waals surface area contributed by atoms with Crippen LogP contribution < -0.4 is 0 Å². The third-order valence-electron chi connectivity index (χ3n) is 2.56. The van der Waals surface area contributed by atoms with E-state index in [9.17, 15) is 9.59 Å². The lowest BCUT2D eigenvalue weighted by molar-refractivity contribution is -0.137. The van der Waals surface area contributed by atoms with Crippen LogP contribution in [0, 0.1) is 0 Å². The van der Waals surface area contributed by atoms with Gasteiger partial charge in [0.2, 0.25) is 0 Å². The normalized spacial score (nSPS) is 22.0. The average molecular weight is 201 g/mol. The van der Waals surface area contributed by atoms with Gasteiger partial charge in [0.1, 0.15) is 0 Å². The standard InChI is InChI=1S/C9H15NO4/c11-8(12)5-4-7-3-1-2-6-10(7)9(13)14/h7H,1-6H2,(H,11,12)(H,13,14). The van der Waals surface area contributed by atoms with Crippen molar-refractivity contribution in [1.82, 2.24) is 4.90 Å². The van der Waals surface area contributed by atoms with Gasteiger partial charge in [0.05, 0.1) is 0 Å². The summed E-state index contributed by atoms with van der Waals surface area (Å²) in [5.74, 6) is -0.860. The second-order valence-electron chi connectivity index (χ2n) is 3.56. The van der Waals surface area contributed by atoms with E-state index in [1.165, 1.54) is 4.90 Å². The summed E-state index contributed by atoms with van der Waals surface area (Å²) in [6.07, 6.45) is 2.22. The lowest BCUT2D eigenvalue weighted by Crippen LogP contribution is -2.43. The Bertz CT molecular complexity index is 229. The predicted octanol–water partition coefficient (Wildman–Crippen LogP) is 1.38. The van der Waals surface area contributed by atoms with E-state index in [-0.39, 0.29) is 12.5 Å². The first kappa shape index (κ1) is 10.8. The monoisotopic (exact) mass is 201 g/mol. The minimum atomic E-state index is -0.930. The largest absolute Gasteiger partial charge is 0.481 e. The fourth-order valence-electron chi connectivity index (χ4n) is 1.84. The highest BCUT2D eigenvalue weighted by Gasteiger charge is 2.26. The number of nitrogens with zero attached hydrogens (tertiary/aromatic N) is 1. The molecule has 0 radical (unpaired) electrons. The zero-order valence-electron chi connectivity index (χ0n) is 7.98. The molecule has 5 heteroatoms. The lowest BCUT2D eigenvalue weighted by atomic mass is 9.98. The van der Waals surface area contributed by atoms with Crippen molar-refractivity contribution in [3.63, 3.8) is 0 Å². The summed E-state index contributed by atoms with van der Waals surface area (Å²) in [6.45, 7) is 0.541. The van der Waals surface area contributed by atoms with Crippen LogP contribution in [0.4, 0.5) is 4.79 Å². The van der Waals surface area contributed by atoms with Crippen molar-refractivity contribution in [2.24, 2.45) is 0 Å². The van der Waals surface area contributed by atoms with Crippen LogP contribution in [0.15, 0.2) is 0 Å². The molecule has 80 valence electrons. The topological polar surface area (TPSA) is 77.8 Å². The molecular weight excluding hydrogens is 186 g/mol. The number of hydrogen-bond acceptors (Lipinski definition) is 2. The molecule has 0 aromatic heterocycles. The maximum Gasteiger partial charge on any atom is 0.407 e. The van der Waals surface area contributed by atoms with Gasteiger partial charge >= 0.3 is 12.1 Å². The summed E-state index contributed by atoms with van der Waals surface area (Å²) in [4.78, 5) is 22.5. The van der Waals surface area contributed by atoms with Crippen molar-refractivity contribution >= 4 is 12.1 Å². The van der Waals surface area contributed by atoms with Crippen molar-refractivity contribution in [1.29, 1.82) is 0 Å². The van der Waals surface area contributed by atoms with Gasteiger partial charge in [-0.05, 0) is 25.7 Å². The van der Waals surface area contributed by atoms with Crippen molar-refractivity contribution in [2.45, 2.75) is 38.1 Å². The van der Waals surface area contributed by atoms with Crippen LogP contribution in [-0.2, 0) is 4.79 Å². The Morgan fingerprint density at radius 1 is 1.29 bits per heavy atom. The molecule has 0 aliphatic carbocycles. The fourth-order valence-corrected chi connectivity index (χ4v) is 1.84. The number of piperidine rings is 1.